The molecule has 3 N–H and O–H groups in total. The zero-order chi connectivity index (χ0) is 25.2. The van der Waals surface area contributed by atoms with Crippen molar-refractivity contribution in [2.75, 3.05) is 19.5 Å². The molecule has 1 atom stereocenters. The number of nitrogens with one attached hydrogen (secondary N) is 1. The highest BCUT2D eigenvalue weighted by atomic mass is 16.5. The van der Waals surface area contributed by atoms with Gasteiger partial charge in [-0.15, -0.1) is 0 Å². The normalized spacial score (nSPS) is 18.5. The van der Waals surface area contributed by atoms with Crippen molar-refractivity contribution in [3.05, 3.63) is 88.5 Å². The van der Waals surface area contributed by atoms with E-state index in [1.807, 2.05) is 6.07 Å². The summed E-state index contributed by atoms with van der Waals surface area (Å²) in [6, 6.07) is 15.4. The van der Waals surface area contributed by atoms with Crippen LogP contribution < -0.4 is 11.1 Å². The van der Waals surface area contributed by atoms with Crippen LogP contribution in [0, 0.1) is 0 Å². The highest BCUT2D eigenvalue weighted by Gasteiger charge is 2.62. The molecule has 2 aromatic rings. The minimum atomic E-state index is -2.08. The third kappa shape index (κ3) is 3.88. The highest BCUT2D eigenvalue weighted by Crippen LogP contribution is 2.52. The Balaban J connectivity index is 1.92. The molecular formula is C25H22N2O8. The fraction of sp³-hybridized carbons (Fsp3) is 0.200. The third-order valence-electron chi connectivity index (χ3n) is 5.77. The number of rotatable bonds is 6. The Bertz CT molecular complexity index is 1280. The molecule has 10 heteroatoms. The fourth-order valence-electron chi connectivity index (χ4n) is 4.25. The number of fused-ring (bicyclic) bond motifs is 2. The largest absolute Gasteiger partial charge is 0.469 e. The first-order valence-electron chi connectivity index (χ1n) is 10.5. The van der Waals surface area contributed by atoms with E-state index in [1.54, 1.807) is 48.5 Å². The van der Waals surface area contributed by atoms with Gasteiger partial charge in [0.2, 0.25) is 11.8 Å². The summed E-state index contributed by atoms with van der Waals surface area (Å²) in [7, 11) is 2.26. The molecule has 0 saturated heterocycles. The first-order chi connectivity index (χ1) is 16.8. The van der Waals surface area contributed by atoms with Crippen LogP contribution in [0.25, 0.3) is 0 Å². The smallest absolute Gasteiger partial charge is 0.341 e. The lowest BCUT2D eigenvalue weighted by molar-refractivity contribution is -0.143. The second kappa shape index (κ2) is 9.34. The highest BCUT2D eigenvalue weighted by molar-refractivity contribution is 6.21. The van der Waals surface area contributed by atoms with Crippen molar-refractivity contribution in [3.63, 3.8) is 0 Å². The molecule has 0 unspecified atom stereocenters. The number of hydrogen-bond acceptors (Lipinski definition) is 9. The lowest BCUT2D eigenvalue weighted by Crippen LogP contribution is -2.48. The van der Waals surface area contributed by atoms with Crippen molar-refractivity contribution in [1.82, 2.24) is 0 Å². The van der Waals surface area contributed by atoms with Gasteiger partial charge in [-0.3, -0.25) is 9.59 Å². The Labute approximate surface area is 200 Å². The van der Waals surface area contributed by atoms with Crippen LogP contribution in [0.5, 0.6) is 0 Å². The van der Waals surface area contributed by atoms with Crippen molar-refractivity contribution >= 4 is 29.5 Å². The summed E-state index contributed by atoms with van der Waals surface area (Å²) >= 11 is 0. The van der Waals surface area contributed by atoms with E-state index in [0.717, 1.165) is 14.2 Å². The van der Waals surface area contributed by atoms with Gasteiger partial charge in [-0.25, -0.2) is 9.59 Å². The van der Waals surface area contributed by atoms with Gasteiger partial charge >= 0.3 is 17.9 Å². The number of hydrogen-bond donors (Lipinski definition) is 2. The first-order valence-corrected chi connectivity index (χ1v) is 10.5. The molecule has 1 spiro atoms. The quantitative estimate of drug-likeness (QED) is 0.469. The van der Waals surface area contributed by atoms with E-state index in [2.05, 4.69) is 5.32 Å². The van der Waals surface area contributed by atoms with Gasteiger partial charge in [0.25, 0.3) is 0 Å². The number of methoxy groups -OCH3 is 2. The van der Waals surface area contributed by atoms with Gasteiger partial charge in [-0.05, 0) is 11.6 Å². The Hall–Kier alpha value is -4.60. The lowest BCUT2D eigenvalue weighted by atomic mass is 9.67. The Morgan fingerprint density at radius 2 is 1.63 bits per heavy atom. The van der Waals surface area contributed by atoms with Crippen LogP contribution in [-0.2, 0) is 50.1 Å². The number of nitrogens with two attached hydrogens (primary N) is 1. The fourth-order valence-corrected chi connectivity index (χ4v) is 4.25. The van der Waals surface area contributed by atoms with Crippen LogP contribution in [-0.4, -0.2) is 38.0 Å². The number of carbonyl (C=O) groups excluding carboxylic acids is 4. The summed E-state index contributed by atoms with van der Waals surface area (Å²) in [4.78, 5) is 52.3. The van der Waals surface area contributed by atoms with Crippen LogP contribution in [0.1, 0.15) is 17.5 Å². The van der Waals surface area contributed by atoms with Crippen molar-refractivity contribution in [2.45, 2.75) is 18.4 Å². The second-order valence-corrected chi connectivity index (χ2v) is 7.70. The van der Waals surface area contributed by atoms with E-state index in [0.29, 0.717) is 11.3 Å². The van der Waals surface area contributed by atoms with Crippen molar-refractivity contribution in [3.8, 4) is 0 Å². The van der Waals surface area contributed by atoms with Crippen LogP contribution in [0.4, 0.5) is 5.69 Å². The molecule has 0 saturated carbocycles. The number of ether oxygens (including phenoxy) is 4. The molecule has 0 fully saturated rings. The van der Waals surface area contributed by atoms with Gasteiger partial charge < -0.3 is 30.0 Å². The predicted molar refractivity (Wildman–Crippen MR) is 121 cm³/mol. The molecule has 2 aliphatic heterocycles. The van der Waals surface area contributed by atoms with Crippen LogP contribution in [0.15, 0.2) is 77.4 Å². The minimum absolute atomic E-state index is 0.123. The monoisotopic (exact) mass is 478 g/mol. The molecule has 0 bridgehead atoms. The van der Waals surface area contributed by atoms with Gasteiger partial charge in [-0.1, -0.05) is 48.5 Å². The number of carbonyl (C=O) groups is 4. The van der Waals surface area contributed by atoms with Gasteiger partial charge in [0.15, 0.2) is 0 Å². The maximum atomic E-state index is 13.7. The van der Waals surface area contributed by atoms with Crippen LogP contribution in [0.2, 0.25) is 0 Å². The maximum absolute atomic E-state index is 13.7. The minimum Gasteiger partial charge on any atom is -0.469 e. The van der Waals surface area contributed by atoms with Crippen molar-refractivity contribution in [2.24, 2.45) is 5.73 Å². The lowest BCUT2D eigenvalue weighted by Gasteiger charge is -2.35. The van der Waals surface area contributed by atoms with E-state index < -0.39 is 47.1 Å². The molecule has 1 amide bonds. The molecule has 2 aromatic carbocycles. The van der Waals surface area contributed by atoms with Crippen molar-refractivity contribution in [1.29, 1.82) is 0 Å². The van der Waals surface area contributed by atoms with Gasteiger partial charge in [-0.2, -0.15) is 0 Å². The van der Waals surface area contributed by atoms with Crippen LogP contribution >= 0.6 is 0 Å². The second-order valence-electron chi connectivity index (χ2n) is 7.70. The predicted octanol–water partition coefficient (Wildman–Crippen LogP) is 1.81. The Morgan fingerprint density at radius 1 is 0.943 bits per heavy atom. The summed E-state index contributed by atoms with van der Waals surface area (Å²) < 4.78 is 20.7. The molecular weight excluding hydrogens is 456 g/mol. The molecule has 0 radical (unpaired) electrons. The summed E-state index contributed by atoms with van der Waals surface area (Å²) in [6.45, 7) is -0.123. The third-order valence-corrected chi connectivity index (χ3v) is 5.77. The van der Waals surface area contributed by atoms with Gasteiger partial charge in [0, 0.05) is 11.3 Å². The van der Waals surface area contributed by atoms with E-state index >= 15 is 0 Å². The molecule has 2 aliphatic rings. The summed E-state index contributed by atoms with van der Waals surface area (Å²) in [5.41, 5.74) is 4.62. The standard InChI is InChI=1S/C25H22N2O8/c1-32-18(28)12-17-19(22(29)33-2)25(15-10-6-7-11-16(15)27-24(25)31)20(21(26)35-17)23(30)34-13-14-8-4-3-5-9-14/h3-11H,12-13,26H2,1-2H3,(H,27,31)/t25-/m1/s1. The molecule has 4 rings (SSSR count). The molecule has 35 heavy (non-hydrogen) atoms. The number of amides is 1. The summed E-state index contributed by atoms with van der Waals surface area (Å²) in [6.07, 6.45) is -0.537. The molecule has 10 nitrogen and oxygen atoms in total. The molecule has 0 aliphatic carbocycles. The van der Waals surface area contributed by atoms with E-state index in [9.17, 15) is 19.2 Å². The Morgan fingerprint density at radius 3 is 2.31 bits per heavy atom. The summed E-state index contributed by atoms with van der Waals surface area (Å²) in [5, 5.41) is 2.68. The summed E-state index contributed by atoms with van der Waals surface area (Å²) in [5.74, 6) is -4.23. The maximum Gasteiger partial charge on any atom is 0.341 e. The van der Waals surface area contributed by atoms with E-state index in [1.165, 1.54) is 0 Å². The SMILES string of the molecule is COC(=O)CC1=C(C(=O)OC)[C@@]2(C(=O)Nc3ccccc32)C(C(=O)OCc2ccccc2)=C(N)O1. The number of benzene rings is 2. The van der Waals surface area contributed by atoms with E-state index in [-0.39, 0.29) is 23.5 Å². The first kappa shape index (κ1) is 23.6. The number of esters is 3. The molecule has 2 heterocycles. The topological polar surface area (TPSA) is 143 Å². The van der Waals surface area contributed by atoms with E-state index in [4.69, 9.17) is 24.7 Å². The molecule has 0 aromatic heterocycles. The number of para-hydroxylation sites is 1. The average Bonchev–Trinajstić information content (AvgIpc) is 3.14. The average molecular weight is 478 g/mol. The zero-order valence-corrected chi connectivity index (χ0v) is 19.0. The van der Waals surface area contributed by atoms with Gasteiger partial charge in [0.05, 0.1) is 14.2 Å². The van der Waals surface area contributed by atoms with Crippen LogP contribution in [0.3, 0.4) is 0 Å². The zero-order valence-electron chi connectivity index (χ0n) is 19.0. The number of anilines is 1. The molecule has 180 valence electrons. The van der Waals surface area contributed by atoms with Crippen molar-refractivity contribution < 1.29 is 38.1 Å². The Kier molecular flexibility index (Phi) is 6.28. The van der Waals surface area contributed by atoms with Gasteiger partial charge in [0.1, 0.15) is 35.3 Å².